The van der Waals surface area contributed by atoms with Crippen molar-refractivity contribution in [1.82, 2.24) is 9.55 Å². The zero-order valence-corrected chi connectivity index (χ0v) is 9.42. The molecule has 1 aromatic rings. The minimum absolute atomic E-state index is 0.175. The van der Waals surface area contributed by atoms with Gasteiger partial charge in [-0.3, -0.25) is 0 Å². The van der Waals surface area contributed by atoms with Gasteiger partial charge in [-0.25, -0.2) is 13.4 Å². The van der Waals surface area contributed by atoms with Crippen molar-refractivity contribution in [2.75, 3.05) is 6.26 Å². The highest BCUT2D eigenvalue weighted by Crippen LogP contribution is 2.08. The van der Waals surface area contributed by atoms with Gasteiger partial charge in [0.2, 0.25) is 15.0 Å². The van der Waals surface area contributed by atoms with Crippen molar-refractivity contribution in [2.24, 2.45) is 0 Å². The average Bonchev–Trinajstić information content (AvgIpc) is 2.52. The van der Waals surface area contributed by atoms with Crippen LogP contribution in [0.4, 0.5) is 0 Å². The predicted octanol–water partition coefficient (Wildman–Crippen LogP) is 1.48. The molecule has 0 aromatic carbocycles. The van der Waals surface area contributed by atoms with Crippen LogP contribution in [0.3, 0.4) is 0 Å². The highest BCUT2D eigenvalue weighted by molar-refractivity contribution is 7.90. The summed E-state index contributed by atoms with van der Waals surface area (Å²) < 4.78 is 24.2. The summed E-state index contributed by atoms with van der Waals surface area (Å²) in [6.07, 6.45) is 7.67. The Labute approximate surface area is 84.9 Å². The summed E-state index contributed by atoms with van der Waals surface area (Å²) in [4.78, 5) is 3.84. The molecule has 4 nitrogen and oxygen atoms in total. The second-order valence-corrected chi connectivity index (χ2v) is 5.29. The zero-order valence-electron chi connectivity index (χ0n) is 8.60. The van der Waals surface area contributed by atoms with E-state index in [9.17, 15) is 8.42 Å². The topological polar surface area (TPSA) is 52.0 Å². The van der Waals surface area contributed by atoms with Crippen LogP contribution in [0.15, 0.2) is 17.6 Å². The van der Waals surface area contributed by atoms with E-state index in [4.69, 9.17) is 0 Å². The van der Waals surface area contributed by atoms with Gasteiger partial charge in [0.05, 0.1) is 0 Å². The van der Waals surface area contributed by atoms with E-state index in [1.807, 2.05) is 0 Å². The summed E-state index contributed by atoms with van der Waals surface area (Å²) >= 11 is 0. The number of aryl methyl sites for hydroxylation is 1. The monoisotopic (exact) mass is 216 g/mol. The maximum absolute atomic E-state index is 11.3. The van der Waals surface area contributed by atoms with Gasteiger partial charge < -0.3 is 4.57 Å². The minimum Gasteiger partial charge on any atom is -0.322 e. The molecule has 0 saturated carbocycles. The van der Waals surface area contributed by atoms with E-state index in [0.717, 1.165) is 25.8 Å². The normalized spacial score (nSPS) is 11.9. The van der Waals surface area contributed by atoms with Crippen molar-refractivity contribution < 1.29 is 8.42 Å². The van der Waals surface area contributed by atoms with Crippen molar-refractivity contribution in [3.05, 3.63) is 12.4 Å². The van der Waals surface area contributed by atoms with E-state index in [-0.39, 0.29) is 5.16 Å². The van der Waals surface area contributed by atoms with E-state index in [0.29, 0.717) is 0 Å². The van der Waals surface area contributed by atoms with E-state index in [1.165, 1.54) is 12.5 Å². The molecule has 5 heteroatoms. The van der Waals surface area contributed by atoms with Crippen LogP contribution in [0.5, 0.6) is 0 Å². The van der Waals surface area contributed by atoms with Gasteiger partial charge in [0.25, 0.3) is 0 Å². The Morgan fingerprint density at radius 2 is 2.14 bits per heavy atom. The van der Waals surface area contributed by atoms with Crippen molar-refractivity contribution in [3.8, 4) is 0 Å². The first-order valence-corrected chi connectivity index (χ1v) is 6.66. The molecule has 0 amide bonds. The van der Waals surface area contributed by atoms with Gasteiger partial charge in [-0.1, -0.05) is 19.8 Å². The Balaban J connectivity index is 2.74. The maximum atomic E-state index is 11.3. The SMILES string of the molecule is CCCCCn1ccnc1S(C)(=O)=O. The van der Waals surface area contributed by atoms with Gasteiger partial charge in [0.1, 0.15) is 0 Å². The molecule has 0 atom stereocenters. The third-order valence-corrected chi connectivity index (χ3v) is 3.01. The highest BCUT2D eigenvalue weighted by atomic mass is 32.2. The fraction of sp³-hybridized carbons (Fsp3) is 0.667. The smallest absolute Gasteiger partial charge is 0.227 e. The van der Waals surface area contributed by atoms with E-state index in [2.05, 4.69) is 11.9 Å². The molecule has 80 valence electrons. The van der Waals surface area contributed by atoms with Crippen LogP contribution in [0.1, 0.15) is 26.2 Å². The van der Waals surface area contributed by atoms with Crippen molar-refractivity contribution in [3.63, 3.8) is 0 Å². The highest BCUT2D eigenvalue weighted by Gasteiger charge is 2.13. The van der Waals surface area contributed by atoms with Crippen LogP contribution < -0.4 is 0 Å². The molecule has 0 bridgehead atoms. The Hall–Kier alpha value is -0.840. The second-order valence-electron chi connectivity index (χ2n) is 3.38. The number of hydrogen-bond donors (Lipinski definition) is 0. The Bertz CT molecular complexity index is 381. The van der Waals surface area contributed by atoms with Gasteiger partial charge >= 0.3 is 0 Å². The van der Waals surface area contributed by atoms with Gasteiger partial charge in [0.15, 0.2) is 0 Å². The summed E-state index contributed by atoms with van der Waals surface area (Å²) in [5.74, 6) is 0. The summed E-state index contributed by atoms with van der Waals surface area (Å²) in [5.41, 5.74) is 0. The molecule has 0 unspecified atom stereocenters. The molecule has 0 N–H and O–H groups in total. The molecule has 0 aliphatic carbocycles. The van der Waals surface area contributed by atoms with Crippen LogP contribution in [0.2, 0.25) is 0 Å². The second kappa shape index (κ2) is 4.59. The molecule has 0 radical (unpaired) electrons. The Morgan fingerprint density at radius 3 is 2.71 bits per heavy atom. The van der Waals surface area contributed by atoms with Gasteiger partial charge in [-0.15, -0.1) is 0 Å². The molecule has 0 spiro atoms. The van der Waals surface area contributed by atoms with Crippen LogP contribution in [0, 0.1) is 0 Å². The number of unbranched alkanes of at least 4 members (excludes halogenated alkanes) is 2. The molecular weight excluding hydrogens is 200 g/mol. The van der Waals surface area contributed by atoms with E-state index in [1.54, 1.807) is 10.8 Å². The average molecular weight is 216 g/mol. The van der Waals surface area contributed by atoms with E-state index >= 15 is 0 Å². The fourth-order valence-corrected chi connectivity index (χ4v) is 2.16. The van der Waals surface area contributed by atoms with Crippen LogP contribution in [0.25, 0.3) is 0 Å². The van der Waals surface area contributed by atoms with Crippen molar-refractivity contribution >= 4 is 9.84 Å². The molecular formula is C9H16N2O2S. The first-order chi connectivity index (χ1) is 6.55. The summed E-state index contributed by atoms with van der Waals surface area (Å²) in [5, 5.41) is 0.175. The summed E-state index contributed by atoms with van der Waals surface area (Å²) in [6, 6.07) is 0. The number of aromatic nitrogens is 2. The quantitative estimate of drug-likeness (QED) is 0.700. The lowest BCUT2D eigenvalue weighted by atomic mass is 10.2. The predicted molar refractivity (Wildman–Crippen MR) is 54.9 cm³/mol. The molecule has 0 aliphatic rings. The fourth-order valence-electron chi connectivity index (χ4n) is 1.33. The third-order valence-electron chi connectivity index (χ3n) is 2.01. The number of hydrogen-bond acceptors (Lipinski definition) is 3. The number of sulfone groups is 1. The van der Waals surface area contributed by atoms with Gasteiger partial charge in [-0.2, -0.15) is 0 Å². The van der Waals surface area contributed by atoms with Gasteiger partial charge in [0, 0.05) is 25.2 Å². The molecule has 0 aliphatic heterocycles. The molecule has 1 aromatic heterocycles. The van der Waals surface area contributed by atoms with Gasteiger partial charge in [-0.05, 0) is 6.42 Å². The van der Waals surface area contributed by atoms with Crippen LogP contribution >= 0.6 is 0 Å². The molecule has 14 heavy (non-hydrogen) atoms. The van der Waals surface area contributed by atoms with Crippen LogP contribution in [-0.2, 0) is 16.4 Å². The molecule has 1 rings (SSSR count). The summed E-state index contributed by atoms with van der Waals surface area (Å²) in [7, 11) is -3.18. The molecule has 0 fully saturated rings. The lowest BCUT2D eigenvalue weighted by molar-refractivity contribution is 0.539. The minimum atomic E-state index is -3.18. The first kappa shape index (κ1) is 11.2. The van der Waals surface area contributed by atoms with Crippen molar-refractivity contribution in [1.29, 1.82) is 0 Å². The Kier molecular flexibility index (Phi) is 3.69. The number of nitrogens with zero attached hydrogens (tertiary/aromatic N) is 2. The lowest BCUT2D eigenvalue weighted by Crippen LogP contribution is -2.08. The van der Waals surface area contributed by atoms with E-state index < -0.39 is 9.84 Å². The van der Waals surface area contributed by atoms with Crippen LogP contribution in [-0.4, -0.2) is 24.2 Å². The third kappa shape index (κ3) is 2.83. The molecule has 0 saturated heterocycles. The summed E-state index contributed by atoms with van der Waals surface area (Å²) in [6.45, 7) is 2.85. The molecule has 1 heterocycles. The lowest BCUT2D eigenvalue weighted by Gasteiger charge is -2.04. The zero-order chi connectivity index (χ0) is 10.6. The standard InChI is InChI=1S/C9H16N2O2S/c1-3-4-5-7-11-8-6-10-9(11)14(2,12)13/h6,8H,3-5,7H2,1-2H3. The Morgan fingerprint density at radius 1 is 1.43 bits per heavy atom. The number of imidazole rings is 1. The first-order valence-electron chi connectivity index (χ1n) is 4.77. The number of rotatable bonds is 5. The largest absolute Gasteiger partial charge is 0.322 e. The van der Waals surface area contributed by atoms with Crippen molar-refractivity contribution in [2.45, 2.75) is 37.9 Å². The maximum Gasteiger partial charge on any atom is 0.227 e.